The van der Waals surface area contributed by atoms with E-state index in [1.165, 1.54) is 18.2 Å². The van der Waals surface area contributed by atoms with Crippen LogP contribution in [0.4, 0.5) is 5.69 Å². The molecule has 1 aliphatic rings. The van der Waals surface area contributed by atoms with Crippen LogP contribution in [0.5, 0.6) is 0 Å². The standard InChI is InChI=1S/C20H21N3O5S/c1-13-3-5-17(14(2)11-13)22-29(25,26)15-4-6-18-16(12-15)19(21-28-18)20(24)23-7-9-27-10-8-23/h3-6,11-12,22H,7-10H2,1-2H3. The molecule has 1 fully saturated rings. The molecule has 1 N–H and O–H groups in total. The minimum Gasteiger partial charge on any atom is -0.378 e. The van der Waals surface area contributed by atoms with E-state index in [1.54, 1.807) is 11.0 Å². The monoisotopic (exact) mass is 415 g/mol. The summed E-state index contributed by atoms with van der Waals surface area (Å²) >= 11 is 0. The molecule has 0 spiro atoms. The number of benzene rings is 2. The first-order valence-electron chi connectivity index (χ1n) is 9.22. The number of sulfonamides is 1. The molecule has 29 heavy (non-hydrogen) atoms. The summed E-state index contributed by atoms with van der Waals surface area (Å²) in [5.74, 6) is -0.302. The molecule has 4 rings (SSSR count). The van der Waals surface area contributed by atoms with Crippen LogP contribution < -0.4 is 4.72 Å². The Morgan fingerprint density at radius 3 is 2.59 bits per heavy atom. The van der Waals surface area contributed by atoms with Gasteiger partial charge in [0.1, 0.15) is 0 Å². The molecule has 2 aromatic carbocycles. The Morgan fingerprint density at radius 2 is 1.86 bits per heavy atom. The third-order valence-corrected chi connectivity index (χ3v) is 6.24. The van der Waals surface area contributed by atoms with Crippen molar-refractivity contribution >= 4 is 32.6 Å². The maximum atomic E-state index is 12.9. The number of anilines is 1. The Bertz CT molecular complexity index is 1180. The van der Waals surface area contributed by atoms with Gasteiger partial charge in [-0.3, -0.25) is 9.52 Å². The minimum atomic E-state index is -3.85. The second kappa shape index (κ2) is 7.49. The molecule has 1 aliphatic heterocycles. The molecular formula is C20H21N3O5S. The first-order chi connectivity index (χ1) is 13.8. The third-order valence-electron chi connectivity index (χ3n) is 4.88. The van der Waals surface area contributed by atoms with E-state index in [4.69, 9.17) is 9.26 Å². The van der Waals surface area contributed by atoms with Crippen molar-refractivity contribution in [3.05, 3.63) is 53.2 Å². The number of hydrogen-bond donors (Lipinski definition) is 1. The largest absolute Gasteiger partial charge is 0.378 e. The normalized spacial score (nSPS) is 14.9. The lowest BCUT2D eigenvalue weighted by Crippen LogP contribution is -2.40. The van der Waals surface area contributed by atoms with Crippen LogP contribution in [-0.2, 0) is 14.8 Å². The summed E-state index contributed by atoms with van der Waals surface area (Å²) in [5, 5.41) is 4.24. The lowest BCUT2D eigenvalue weighted by molar-refractivity contribution is 0.0297. The zero-order chi connectivity index (χ0) is 20.6. The van der Waals surface area contributed by atoms with Gasteiger partial charge in [-0.2, -0.15) is 0 Å². The summed E-state index contributed by atoms with van der Waals surface area (Å²) in [6, 6.07) is 9.84. The molecule has 1 saturated heterocycles. The number of fused-ring (bicyclic) bond motifs is 1. The summed E-state index contributed by atoms with van der Waals surface area (Å²) in [6.45, 7) is 5.62. The molecule has 3 aromatic rings. The number of ether oxygens (including phenoxy) is 1. The van der Waals surface area contributed by atoms with Crippen LogP contribution in [0.1, 0.15) is 21.6 Å². The molecule has 0 radical (unpaired) electrons. The summed E-state index contributed by atoms with van der Waals surface area (Å²) in [4.78, 5) is 14.4. The molecule has 0 aliphatic carbocycles. The van der Waals surface area contributed by atoms with Crippen LogP contribution >= 0.6 is 0 Å². The summed E-state index contributed by atoms with van der Waals surface area (Å²) in [6.07, 6.45) is 0. The first-order valence-corrected chi connectivity index (χ1v) is 10.7. The molecule has 1 aromatic heterocycles. The van der Waals surface area contributed by atoms with Crippen molar-refractivity contribution in [1.29, 1.82) is 0 Å². The van der Waals surface area contributed by atoms with Crippen LogP contribution in [0.2, 0.25) is 0 Å². The number of carbonyl (C=O) groups excluding carboxylic acids is 1. The van der Waals surface area contributed by atoms with Crippen LogP contribution in [0, 0.1) is 13.8 Å². The molecular weight excluding hydrogens is 394 g/mol. The highest BCUT2D eigenvalue weighted by Gasteiger charge is 2.25. The number of aryl methyl sites for hydroxylation is 2. The number of hydrogen-bond acceptors (Lipinski definition) is 6. The number of morpholine rings is 1. The van der Waals surface area contributed by atoms with Crippen molar-refractivity contribution < 1.29 is 22.5 Å². The number of aromatic nitrogens is 1. The third kappa shape index (κ3) is 3.83. The van der Waals surface area contributed by atoms with Crippen LogP contribution in [0.15, 0.2) is 45.8 Å². The average Bonchev–Trinajstić information content (AvgIpc) is 3.13. The van der Waals surface area contributed by atoms with Crippen molar-refractivity contribution in [2.24, 2.45) is 0 Å². The average molecular weight is 415 g/mol. The van der Waals surface area contributed by atoms with Crippen molar-refractivity contribution in [2.75, 3.05) is 31.0 Å². The van der Waals surface area contributed by atoms with Crippen molar-refractivity contribution in [1.82, 2.24) is 10.1 Å². The second-order valence-corrected chi connectivity index (χ2v) is 8.70. The molecule has 2 heterocycles. The fourth-order valence-electron chi connectivity index (χ4n) is 3.29. The van der Waals surface area contributed by atoms with Gasteiger partial charge in [0.05, 0.1) is 29.2 Å². The molecule has 0 bridgehead atoms. The topological polar surface area (TPSA) is 102 Å². The minimum absolute atomic E-state index is 0.0317. The SMILES string of the molecule is Cc1ccc(NS(=O)(=O)c2ccc3onc(C(=O)N4CCOCC4)c3c2)c(C)c1. The predicted octanol–water partition coefficient (Wildman–Crippen LogP) is 2.72. The first kappa shape index (κ1) is 19.4. The van der Waals surface area contributed by atoms with Crippen molar-refractivity contribution in [2.45, 2.75) is 18.7 Å². The zero-order valence-electron chi connectivity index (χ0n) is 16.1. The Labute approximate surface area is 168 Å². The Hall–Kier alpha value is -2.91. The lowest BCUT2D eigenvalue weighted by Gasteiger charge is -2.25. The van der Waals surface area contributed by atoms with Gasteiger partial charge < -0.3 is 14.2 Å². The van der Waals surface area contributed by atoms with Crippen molar-refractivity contribution in [3.63, 3.8) is 0 Å². The van der Waals surface area contributed by atoms with Gasteiger partial charge >= 0.3 is 0 Å². The summed E-state index contributed by atoms with van der Waals surface area (Å²) in [5.41, 5.74) is 2.83. The van der Waals surface area contributed by atoms with Crippen molar-refractivity contribution in [3.8, 4) is 0 Å². The summed E-state index contributed by atoms with van der Waals surface area (Å²) in [7, 11) is -3.85. The number of nitrogens with zero attached hydrogens (tertiary/aromatic N) is 2. The highest BCUT2D eigenvalue weighted by Crippen LogP contribution is 2.26. The molecule has 8 nitrogen and oxygen atoms in total. The molecule has 9 heteroatoms. The molecule has 0 unspecified atom stereocenters. The maximum absolute atomic E-state index is 12.9. The highest BCUT2D eigenvalue weighted by molar-refractivity contribution is 7.92. The van der Waals surface area contributed by atoms with E-state index < -0.39 is 10.0 Å². The maximum Gasteiger partial charge on any atom is 0.276 e. The lowest BCUT2D eigenvalue weighted by atomic mass is 10.1. The van der Waals surface area contributed by atoms with Crippen LogP contribution in [0.25, 0.3) is 11.0 Å². The van der Waals surface area contributed by atoms with E-state index in [0.29, 0.717) is 43.0 Å². The van der Waals surface area contributed by atoms with Gasteiger partial charge in [-0.1, -0.05) is 22.9 Å². The predicted molar refractivity (Wildman–Crippen MR) is 107 cm³/mol. The van der Waals surface area contributed by atoms with Gasteiger partial charge in [0.25, 0.3) is 15.9 Å². The summed E-state index contributed by atoms with van der Waals surface area (Å²) < 4.78 is 38.9. The Morgan fingerprint density at radius 1 is 1.10 bits per heavy atom. The van der Waals surface area contributed by atoms with Gasteiger partial charge in [0, 0.05) is 13.1 Å². The molecule has 0 atom stereocenters. The number of rotatable bonds is 4. The number of nitrogens with one attached hydrogen (secondary N) is 1. The van der Waals surface area contributed by atoms with Gasteiger partial charge in [-0.15, -0.1) is 0 Å². The van der Waals surface area contributed by atoms with E-state index in [2.05, 4.69) is 9.88 Å². The van der Waals surface area contributed by atoms with E-state index in [9.17, 15) is 13.2 Å². The van der Waals surface area contributed by atoms with Gasteiger partial charge in [0.15, 0.2) is 11.3 Å². The molecule has 0 saturated carbocycles. The van der Waals surface area contributed by atoms with Crippen LogP contribution in [0.3, 0.4) is 0 Å². The fraction of sp³-hybridized carbons (Fsp3) is 0.300. The number of amides is 1. The van der Waals surface area contributed by atoms with Gasteiger partial charge in [0.2, 0.25) is 0 Å². The Balaban J connectivity index is 1.68. The number of carbonyl (C=O) groups is 1. The van der Waals surface area contributed by atoms with Crippen LogP contribution in [-0.4, -0.2) is 50.7 Å². The second-order valence-electron chi connectivity index (χ2n) is 7.02. The molecule has 1 amide bonds. The smallest absolute Gasteiger partial charge is 0.276 e. The fourth-order valence-corrected chi connectivity index (χ4v) is 4.44. The Kier molecular flexibility index (Phi) is 5.01. The van der Waals surface area contributed by atoms with E-state index in [0.717, 1.165) is 11.1 Å². The van der Waals surface area contributed by atoms with E-state index >= 15 is 0 Å². The quantitative estimate of drug-likeness (QED) is 0.703. The highest BCUT2D eigenvalue weighted by atomic mass is 32.2. The van der Waals surface area contributed by atoms with E-state index in [1.807, 2.05) is 26.0 Å². The molecule has 152 valence electrons. The van der Waals surface area contributed by atoms with Gasteiger partial charge in [-0.25, -0.2) is 8.42 Å². The van der Waals surface area contributed by atoms with E-state index in [-0.39, 0.29) is 16.5 Å². The van der Waals surface area contributed by atoms with Gasteiger partial charge in [-0.05, 0) is 43.7 Å². The zero-order valence-corrected chi connectivity index (χ0v) is 17.0.